The molecule has 0 saturated heterocycles. The number of allylic oxidation sites excluding steroid dienone is 1. The van der Waals surface area contributed by atoms with Crippen LogP contribution in [0.4, 0.5) is 5.69 Å². The van der Waals surface area contributed by atoms with Crippen LogP contribution in [0.1, 0.15) is 32.6 Å². The lowest BCUT2D eigenvalue weighted by molar-refractivity contribution is -0.384. The molecule has 0 saturated carbocycles. The third kappa shape index (κ3) is 3.74. The van der Waals surface area contributed by atoms with E-state index in [0.717, 1.165) is 5.56 Å². The molecule has 2 aliphatic heterocycles. The molecule has 0 fully saturated rings. The number of nitrogens with zero attached hydrogens (tertiary/aromatic N) is 2. The Hall–Kier alpha value is -3.97. The first kappa shape index (κ1) is 20.0. The van der Waals surface area contributed by atoms with E-state index in [9.17, 15) is 14.9 Å². The maximum Gasteiger partial charge on any atom is 0.270 e. The van der Waals surface area contributed by atoms with E-state index in [1.165, 1.54) is 29.3 Å². The molecule has 0 unspecified atom stereocenters. The number of ether oxygens (including phenoxy) is 2. The summed E-state index contributed by atoms with van der Waals surface area (Å²) < 4.78 is 11.9. The highest BCUT2D eigenvalue weighted by Gasteiger charge is 2.33. The first-order valence-corrected chi connectivity index (χ1v) is 10.2. The Morgan fingerprint density at radius 1 is 1.12 bits per heavy atom. The number of nitro benzene ring substituents is 1. The van der Waals surface area contributed by atoms with Gasteiger partial charge in [0.15, 0.2) is 5.76 Å². The number of ketones is 1. The molecule has 160 valence electrons. The van der Waals surface area contributed by atoms with E-state index in [0.29, 0.717) is 42.4 Å². The summed E-state index contributed by atoms with van der Waals surface area (Å²) in [5, 5.41) is 11.0. The summed E-state index contributed by atoms with van der Waals surface area (Å²) in [6, 6.07) is 18.0. The number of fused-ring (bicyclic) bond motifs is 3. The van der Waals surface area contributed by atoms with Crippen molar-refractivity contribution in [3.63, 3.8) is 0 Å². The fraction of sp³-hybridized carbons (Fsp3) is 0.160. The number of aryl methyl sites for hydroxylation is 1. The lowest BCUT2D eigenvalue weighted by Gasteiger charge is -2.29. The summed E-state index contributed by atoms with van der Waals surface area (Å²) in [5.41, 5.74) is 4.18. The highest BCUT2D eigenvalue weighted by atomic mass is 16.6. The van der Waals surface area contributed by atoms with Gasteiger partial charge in [-0.15, -0.1) is 0 Å². The molecule has 3 aromatic rings. The summed E-state index contributed by atoms with van der Waals surface area (Å²) in [6.07, 6.45) is 1.54. The molecular formula is C25H20N2O5. The van der Waals surface area contributed by atoms with Crippen molar-refractivity contribution in [2.24, 2.45) is 0 Å². The van der Waals surface area contributed by atoms with Gasteiger partial charge in [0.25, 0.3) is 5.69 Å². The van der Waals surface area contributed by atoms with Gasteiger partial charge < -0.3 is 9.47 Å². The number of rotatable bonds is 4. The van der Waals surface area contributed by atoms with Crippen LogP contribution in [0.5, 0.6) is 11.5 Å². The monoisotopic (exact) mass is 428 g/mol. The van der Waals surface area contributed by atoms with Gasteiger partial charge in [-0.1, -0.05) is 42.0 Å². The van der Waals surface area contributed by atoms with E-state index >= 15 is 0 Å². The Morgan fingerprint density at radius 2 is 1.94 bits per heavy atom. The highest BCUT2D eigenvalue weighted by Crippen LogP contribution is 2.42. The summed E-state index contributed by atoms with van der Waals surface area (Å²) >= 11 is 0. The summed E-state index contributed by atoms with van der Waals surface area (Å²) in [4.78, 5) is 25.6. The first-order valence-electron chi connectivity index (χ1n) is 10.2. The van der Waals surface area contributed by atoms with Gasteiger partial charge in [-0.2, -0.15) is 0 Å². The maximum absolute atomic E-state index is 12.9. The Kier molecular flexibility index (Phi) is 4.95. The van der Waals surface area contributed by atoms with E-state index in [1.807, 2.05) is 0 Å². The largest absolute Gasteiger partial charge is 0.478 e. The number of benzene rings is 3. The summed E-state index contributed by atoms with van der Waals surface area (Å²) in [6.45, 7) is 3.81. The third-order valence-corrected chi connectivity index (χ3v) is 5.59. The van der Waals surface area contributed by atoms with Crippen molar-refractivity contribution in [1.82, 2.24) is 4.90 Å². The number of hydrogen-bond acceptors (Lipinski definition) is 6. The van der Waals surface area contributed by atoms with Crippen LogP contribution in [0.15, 0.2) is 66.4 Å². The van der Waals surface area contributed by atoms with Crippen LogP contribution in [0.3, 0.4) is 0 Å². The number of nitro groups is 1. The predicted molar refractivity (Wildman–Crippen MR) is 118 cm³/mol. The van der Waals surface area contributed by atoms with Gasteiger partial charge in [0.2, 0.25) is 5.78 Å². The Morgan fingerprint density at radius 3 is 2.72 bits per heavy atom. The van der Waals surface area contributed by atoms with Crippen molar-refractivity contribution in [3.05, 3.63) is 104 Å². The Labute approximate surface area is 184 Å². The lowest BCUT2D eigenvalue weighted by atomic mass is 10.0. The van der Waals surface area contributed by atoms with Gasteiger partial charge in [-0.3, -0.25) is 19.8 Å². The molecular weight excluding hydrogens is 408 g/mol. The van der Waals surface area contributed by atoms with Crippen LogP contribution in [0.25, 0.3) is 6.08 Å². The number of carbonyl (C=O) groups excluding carboxylic acids is 1. The molecule has 5 rings (SSSR count). The number of carbonyl (C=O) groups is 1. The highest BCUT2D eigenvalue weighted by molar-refractivity contribution is 6.15. The van der Waals surface area contributed by atoms with E-state index < -0.39 is 4.92 Å². The minimum absolute atomic E-state index is 0.0418. The van der Waals surface area contributed by atoms with Crippen LogP contribution in [0, 0.1) is 17.0 Å². The van der Waals surface area contributed by atoms with Crippen LogP contribution in [-0.2, 0) is 13.1 Å². The van der Waals surface area contributed by atoms with Crippen LogP contribution in [-0.4, -0.2) is 22.3 Å². The van der Waals surface area contributed by atoms with Crippen molar-refractivity contribution in [1.29, 1.82) is 0 Å². The fourth-order valence-corrected chi connectivity index (χ4v) is 3.94. The number of hydrogen-bond donors (Lipinski definition) is 0. The van der Waals surface area contributed by atoms with Crippen molar-refractivity contribution >= 4 is 17.5 Å². The predicted octanol–water partition coefficient (Wildman–Crippen LogP) is 4.87. The molecule has 0 bridgehead atoms. The molecule has 0 aliphatic carbocycles. The smallest absolute Gasteiger partial charge is 0.270 e. The Balaban J connectivity index is 1.41. The van der Waals surface area contributed by atoms with Gasteiger partial charge in [-0.25, -0.2) is 0 Å². The van der Waals surface area contributed by atoms with Crippen LogP contribution in [0.2, 0.25) is 0 Å². The van der Waals surface area contributed by atoms with Crippen LogP contribution >= 0.6 is 0 Å². The average molecular weight is 428 g/mol. The molecule has 2 heterocycles. The summed E-state index contributed by atoms with van der Waals surface area (Å²) in [5.74, 6) is 1.10. The maximum atomic E-state index is 12.9. The second-order valence-electron chi connectivity index (χ2n) is 7.96. The molecule has 3 aromatic carbocycles. The molecule has 2 aliphatic rings. The zero-order valence-corrected chi connectivity index (χ0v) is 17.4. The third-order valence-electron chi connectivity index (χ3n) is 5.59. The van der Waals surface area contributed by atoms with Gasteiger partial charge >= 0.3 is 0 Å². The van der Waals surface area contributed by atoms with Gasteiger partial charge in [0.05, 0.1) is 16.1 Å². The number of Topliss-reactive ketones (excluding diaryl/α,β-unsaturated/α-hetero) is 1. The minimum Gasteiger partial charge on any atom is -0.478 e. The Bertz CT molecular complexity index is 1260. The molecule has 32 heavy (non-hydrogen) atoms. The quantitative estimate of drug-likeness (QED) is 0.335. The van der Waals surface area contributed by atoms with Gasteiger partial charge in [0, 0.05) is 25.2 Å². The van der Waals surface area contributed by atoms with Gasteiger partial charge in [0.1, 0.15) is 18.2 Å². The van der Waals surface area contributed by atoms with Crippen LogP contribution < -0.4 is 9.47 Å². The van der Waals surface area contributed by atoms with Gasteiger partial charge in [-0.05, 0) is 36.3 Å². The topological polar surface area (TPSA) is 81.9 Å². The van der Waals surface area contributed by atoms with Crippen molar-refractivity contribution in [3.8, 4) is 11.5 Å². The molecule has 0 spiro atoms. The average Bonchev–Trinajstić information content (AvgIpc) is 3.11. The van der Waals surface area contributed by atoms with E-state index in [1.54, 1.807) is 24.3 Å². The molecule has 0 radical (unpaired) electrons. The molecule has 0 atom stereocenters. The SMILES string of the molecule is Cc1ccc(CN2COc3ccc4c(c3C2)O/C(=C\c2cccc([N+](=O)[O-])c2)C4=O)cc1. The van der Waals surface area contributed by atoms with E-state index in [4.69, 9.17) is 9.47 Å². The fourth-order valence-electron chi connectivity index (χ4n) is 3.94. The van der Waals surface area contributed by atoms with E-state index in [2.05, 4.69) is 36.1 Å². The van der Waals surface area contributed by atoms with Crippen molar-refractivity contribution < 1.29 is 19.2 Å². The van der Waals surface area contributed by atoms with Crippen molar-refractivity contribution in [2.45, 2.75) is 20.0 Å². The second kappa shape index (κ2) is 7.94. The lowest BCUT2D eigenvalue weighted by Crippen LogP contribution is -2.31. The number of non-ortho nitro benzene ring substituents is 1. The second-order valence-corrected chi connectivity index (χ2v) is 7.96. The molecule has 7 heteroatoms. The normalized spacial score (nSPS) is 16.3. The molecule has 0 N–H and O–H groups in total. The van der Waals surface area contributed by atoms with E-state index in [-0.39, 0.29) is 17.2 Å². The minimum atomic E-state index is -0.468. The first-order chi connectivity index (χ1) is 15.5. The standard InChI is InChI=1S/C25H20N2O5/c1-16-5-7-17(8-6-16)13-26-14-21-22(31-15-26)10-9-20-24(28)23(32-25(20)21)12-18-3-2-4-19(11-18)27(29)30/h2-12H,13-15H2,1H3/b23-12-. The zero-order valence-electron chi connectivity index (χ0n) is 17.4. The zero-order chi connectivity index (χ0) is 22.2. The molecule has 7 nitrogen and oxygen atoms in total. The molecule has 0 aromatic heterocycles. The summed E-state index contributed by atoms with van der Waals surface area (Å²) in [7, 11) is 0. The van der Waals surface area contributed by atoms with Crippen molar-refractivity contribution in [2.75, 3.05) is 6.73 Å². The molecule has 0 amide bonds.